The van der Waals surface area contributed by atoms with E-state index in [-0.39, 0.29) is 23.0 Å². The molecule has 1 atom stereocenters. The minimum atomic E-state index is -0.715. The topological polar surface area (TPSA) is 115 Å². The number of phenolic OH excluding ortho intramolecular Hbond substituents is 1. The fourth-order valence-electron chi connectivity index (χ4n) is 3.67. The SMILES string of the molecule is O=C(NN1C(=O)CSC1c1c(O)ccc2ccccc12)c1cc2cccnc2[nH]c1=O. The van der Waals surface area contributed by atoms with Crippen molar-refractivity contribution >= 4 is 45.4 Å². The molecule has 1 fully saturated rings. The molecule has 0 saturated carbocycles. The van der Waals surface area contributed by atoms with E-state index in [4.69, 9.17) is 0 Å². The van der Waals surface area contributed by atoms with Crippen molar-refractivity contribution in [3.8, 4) is 5.75 Å². The molecule has 0 spiro atoms. The molecule has 31 heavy (non-hydrogen) atoms. The number of rotatable bonds is 3. The predicted molar refractivity (Wildman–Crippen MR) is 117 cm³/mol. The maximum Gasteiger partial charge on any atom is 0.275 e. The van der Waals surface area contributed by atoms with Crippen molar-refractivity contribution < 1.29 is 14.7 Å². The van der Waals surface area contributed by atoms with E-state index in [1.54, 1.807) is 30.5 Å². The van der Waals surface area contributed by atoms with E-state index in [9.17, 15) is 19.5 Å². The Labute approximate surface area is 179 Å². The summed E-state index contributed by atoms with van der Waals surface area (Å²) in [4.78, 5) is 44.5. The number of aromatic nitrogens is 2. The van der Waals surface area contributed by atoms with E-state index in [1.165, 1.54) is 22.8 Å². The van der Waals surface area contributed by atoms with Crippen molar-refractivity contribution in [1.82, 2.24) is 20.4 Å². The number of aromatic hydroxyl groups is 1. The molecule has 8 nitrogen and oxygen atoms in total. The Morgan fingerprint density at radius 3 is 2.81 bits per heavy atom. The molecule has 3 N–H and O–H groups in total. The van der Waals surface area contributed by atoms with Gasteiger partial charge < -0.3 is 10.1 Å². The molecule has 2 aromatic heterocycles. The first-order chi connectivity index (χ1) is 15.0. The number of nitrogens with one attached hydrogen (secondary N) is 2. The van der Waals surface area contributed by atoms with Crippen molar-refractivity contribution in [2.24, 2.45) is 0 Å². The van der Waals surface area contributed by atoms with Gasteiger partial charge in [0.1, 0.15) is 22.3 Å². The Kier molecular flexibility index (Phi) is 4.59. The van der Waals surface area contributed by atoms with Crippen LogP contribution in [0.5, 0.6) is 5.75 Å². The van der Waals surface area contributed by atoms with Crippen LogP contribution in [0.4, 0.5) is 0 Å². The summed E-state index contributed by atoms with van der Waals surface area (Å²) in [6.07, 6.45) is 1.54. The van der Waals surface area contributed by atoms with E-state index < -0.39 is 16.8 Å². The maximum absolute atomic E-state index is 12.9. The van der Waals surface area contributed by atoms with Gasteiger partial charge in [-0.2, -0.15) is 0 Å². The van der Waals surface area contributed by atoms with Crippen LogP contribution in [-0.2, 0) is 4.79 Å². The lowest BCUT2D eigenvalue weighted by molar-refractivity contribution is -0.130. The predicted octanol–water partition coefficient (Wildman–Crippen LogP) is 2.70. The number of thioether (sulfide) groups is 1. The lowest BCUT2D eigenvalue weighted by Gasteiger charge is -2.26. The minimum absolute atomic E-state index is 0.0276. The second kappa shape index (κ2) is 7.44. The molecule has 1 saturated heterocycles. The fourth-order valence-corrected chi connectivity index (χ4v) is 4.85. The average Bonchev–Trinajstić information content (AvgIpc) is 3.12. The number of fused-ring (bicyclic) bond motifs is 2. The lowest BCUT2D eigenvalue weighted by atomic mass is 10.0. The van der Waals surface area contributed by atoms with Crippen molar-refractivity contribution in [3.05, 3.63) is 82.3 Å². The standard InChI is InChI=1S/C22H16N4O4S/c27-16-8-7-12-4-1-2-6-14(12)18(16)22-26(17(28)11-31-22)25-21(30)15-10-13-5-3-9-23-19(13)24-20(15)29/h1-10,22,27H,11H2,(H,25,30)(H,23,24,29). The second-order valence-electron chi connectivity index (χ2n) is 7.04. The Bertz CT molecular complexity index is 1420. The van der Waals surface area contributed by atoms with Crippen molar-refractivity contribution in [2.45, 2.75) is 5.37 Å². The lowest BCUT2D eigenvalue weighted by Crippen LogP contribution is -2.46. The first kappa shape index (κ1) is 19.1. The van der Waals surface area contributed by atoms with Gasteiger partial charge in [-0.05, 0) is 35.0 Å². The van der Waals surface area contributed by atoms with Gasteiger partial charge in [0.15, 0.2) is 0 Å². The highest BCUT2D eigenvalue weighted by Crippen LogP contribution is 2.44. The second-order valence-corrected chi connectivity index (χ2v) is 8.11. The molecule has 1 unspecified atom stereocenters. The zero-order chi connectivity index (χ0) is 21.5. The number of nitrogens with zero attached hydrogens (tertiary/aromatic N) is 2. The number of aromatic amines is 1. The highest BCUT2D eigenvalue weighted by molar-refractivity contribution is 8.00. The van der Waals surface area contributed by atoms with Crippen molar-refractivity contribution in [2.75, 3.05) is 5.75 Å². The number of hydrogen-bond donors (Lipinski definition) is 3. The minimum Gasteiger partial charge on any atom is -0.508 e. The van der Waals surface area contributed by atoms with Gasteiger partial charge in [-0.25, -0.2) is 9.99 Å². The molecule has 0 radical (unpaired) electrons. The van der Waals surface area contributed by atoms with Crippen LogP contribution in [0.25, 0.3) is 21.8 Å². The highest BCUT2D eigenvalue weighted by atomic mass is 32.2. The van der Waals surface area contributed by atoms with Gasteiger partial charge in [-0.1, -0.05) is 30.3 Å². The van der Waals surface area contributed by atoms with Crippen molar-refractivity contribution in [1.29, 1.82) is 0 Å². The fraction of sp³-hybridized carbons (Fsp3) is 0.0909. The van der Waals surface area contributed by atoms with Crippen LogP contribution < -0.4 is 11.0 Å². The molecule has 1 aliphatic rings. The summed E-state index contributed by atoms with van der Waals surface area (Å²) in [5.74, 6) is -0.882. The van der Waals surface area contributed by atoms with E-state index in [0.29, 0.717) is 16.6 Å². The number of pyridine rings is 2. The molecule has 0 bridgehead atoms. The highest BCUT2D eigenvalue weighted by Gasteiger charge is 2.37. The van der Waals surface area contributed by atoms with Gasteiger partial charge in [-0.3, -0.25) is 19.8 Å². The van der Waals surface area contributed by atoms with E-state index in [0.717, 1.165) is 10.8 Å². The Morgan fingerprint density at radius 1 is 1.13 bits per heavy atom. The molecule has 3 heterocycles. The van der Waals surface area contributed by atoms with Gasteiger partial charge in [0.2, 0.25) is 0 Å². The van der Waals surface area contributed by atoms with Gasteiger partial charge >= 0.3 is 0 Å². The summed E-state index contributed by atoms with van der Waals surface area (Å²) in [6.45, 7) is 0. The zero-order valence-corrected chi connectivity index (χ0v) is 16.8. The molecule has 1 aliphatic heterocycles. The molecule has 2 amide bonds. The third-order valence-electron chi connectivity index (χ3n) is 5.14. The monoisotopic (exact) mass is 432 g/mol. The molecule has 2 aromatic carbocycles. The molecule has 0 aliphatic carbocycles. The first-order valence-electron chi connectivity index (χ1n) is 9.46. The molecule has 5 rings (SSSR count). The third kappa shape index (κ3) is 3.28. The van der Waals surface area contributed by atoms with Crippen LogP contribution in [0.2, 0.25) is 0 Å². The molecule has 9 heteroatoms. The van der Waals surface area contributed by atoms with Crippen LogP contribution >= 0.6 is 11.8 Å². The van der Waals surface area contributed by atoms with Crippen LogP contribution in [0.1, 0.15) is 21.3 Å². The summed E-state index contributed by atoms with van der Waals surface area (Å²) in [5, 5.41) is 13.4. The molecule has 154 valence electrons. The van der Waals surface area contributed by atoms with Crippen LogP contribution in [0.15, 0.2) is 65.6 Å². The Morgan fingerprint density at radius 2 is 1.94 bits per heavy atom. The van der Waals surface area contributed by atoms with Gasteiger partial charge in [0, 0.05) is 17.1 Å². The van der Waals surface area contributed by atoms with Crippen LogP contribution in [0, 0.1) is 0 Å². The van der Waals surface area contributed by atoms with E-state index >= 15 is 0 Å². The number of H-pyrrole nitrogens is 1. The Balaban J connectivity index is 1.52. The summed E-state index contributed by atoms with van der Waals surface area (Å²) < 4.78 is 0. The summed E-state index contributed by atoms with van der Waals surface area (Å²) in [7, 11) is 0. The average molecular weight is 432 g/mol. The summed E-state index contributed by atoms with van der Waals surface area (Å²) >= 11 is 1.29. The Hall–Kier alpha value is -3.85. The van der Waals surface area contributed by atoms with Gasteiger partial charge in [-0.15, -0.1) is 11.8 Å². The first-order valence-corrected chi connectivity index (χ1v) is 10.5. The van der Waals surface area contributed by atoms with Crippen LogP contribution in [0.3, 0.4) is 0 Å². The molecular formula is C22H16N4O4S. The summed E-state index contributed by atoms with van der Waals surface area (Å²) in [5.41, 5.74) is 2.73. The number of carbonyl (C=O) groups excluding carboxylic acids is 2. The number of carbonyl (C=O) groups is 2. The van der Waals surface area contributed by atoms with Gasteiger partial charge in [0.25, 0.3) is 17.4 Å². The number of benzene rings is 2. The number of phenols is 1. The normalized spacial score (nSPS) is 16.2. The maximum atomic E-state index is 12.9. The van der Waals surface area contributed by atoms with E-state index in [1.807, 2.05) is 24.3 Å². The molecular weight excluding hydrogens is 416 g/mol. The largest absolute Gasteiger partial charge is 0.508 e. The molecule has 4 aromatic rings. The third-order valence-corrected chi connectivity index (χ3v) is 6.32. The van der Waals surface area contributed by atoms with E-state index in [2.05, 4.69) is 15.4 Å². The zero-order valence-electron chi connectivity index (χ0n) is 16.0. The smallest absolute Gasteiger partial charge is 0.275 e. The number of amides is 2. The quantitative estimate of drug-likeness (QED) is 0.459. The number of hydrazine groups is 1. The summed E-state index contributed by atoms with van der Waals surface area (Å²) in [6, 6.07) is 15.7. The van der Waals surface area contributed by atoms with Crippen molar-refractivity contribution in [3.63, 3.8) is 0 Å². The van der Waals surface area contributed by atoms with Crippen LogP contribution in [-0.4, -0.2) is 37.7 Å². The number of hydrogen-bond acceptors (Lipinski definition) is 6. The van der Waals surface area contributed by atoms with Gasteiger partial charge in [0.05, 0.1) is 5.75 Å².